The number of likely N-dealkylation sites (N-methyl/N-ethyl adjacent to an activating group) is 1. The molecule has 2 amide bonds. The molecule has 0 unspecified atom stereocenters. The number of carbonyl (C=O) groups is 3. The van der Waals surface area contributed by atoms with E-state index in [1.54, 1.807) is 7.05 Å². The summed E-state index contributed by atoms with van der Waals surface area (Å²) in [4.78, 5) is 34.9. The highest BCUT2D eigenvalue weighted by molar-refractivity contribution is 6.37. The Morgan fingerprint density at radius 1 is 1.12 bits per heavy atom. The number of likely N-dealkylation sites (tertiary alicyclic amines) is 2. The Bertz CT molecular complexity index is 302. The van der Waals surface area contributed by atoms with Crippen molar-refractivity contribution in [1.29, 1.82) is 0 Å². The number of hydrogen-bond donors (Lipinski definition) is 0. The summed E-state index contributed by atoms with van der Waals surface area (Å²) in [5.74, 6) is -0.273. The molecule has 2 aliphatic heterocycles. The largest absolute Gasteiger partial charge is 0.343 e. The molecular weight excluding hydrogens is 208 g/mol. The van der Waals surface area contributed by atoms with Gasteiger partial charge >= 0.3 is 0 Å². The predicted octanol–water partition coefficient (Wildman–Crippen LogP) is 0.0463. The maximum atomic E-state index is 10.7. The van der Waals surface area contributed by atoms with Crippen molar-refractivity contribution in [2.75, 3.05) is 26.7 Å². The number of rotatable bonds is 1. The SMILES string of the molecule is CCN1CCCC1=O.CN1CCC(=O)C1=O. The van der Waals surface area contributed by atoms with E-state index in [1.165, 1.54) is 4.90 Å². The maximum absolute atomic E-state index is 10.7. The lowest BCUT2D eigenvalue weighted by atomic mass is 10.3. The molecule has 0 N–H and O–H groups in total. The molecule has 0 aromatic rings. The average molecular weight is 226 g/mol. The van der Waals surface area contributed by atoms with Gasteiger partial charge in [-0.15, -0.1) is 0 Å². The van der Waals surface area contributed by atoms with Crippen LogP contribution >= 0.6 is 0 Å². The first-order chi connectivity index (χ1) is 7.56. The number of hydrogen-bond acceptors (Lipinski definition) is 3. The highest BCUT2D eigenvalue weighted by Crippen LogP contribution is 2.07. The lowest BCUT2D eigenvalue weighted by Crippen LogP contribution is -2.23. The summed E-state index contributed by atoms with van der Waals surface area (Å²) in [5, 5.41) is 0. The predicted molar refractivity (Wildman–Crippen MR) is 58.7 cm³/mol. The fourth-order valence-electron chi connectivity index (χ4n) is 1.73. The molecule has 0 aromatic carbocycles. The summed E-state index contributed by atoms with van der Waals surface area (Å²) in [6.07, 6.45) is 2.23. The third kappa shape index (κ3) is 3.05. The third-order valence-electron chi connectivity index (χ3n) is 2.81. The molecule has 5 heteroatoms. The summed E-state index contributed by atoms with van der Waals surface area (Å²) in [6, 6.07) is 0. The number of carbonyl (C=O) groups excluding carboxylic acids is 3. The van der Waals surface area contributed by atoms with E-state index in [-0.39, 0.29) is 11.7 Å². The van der Waals surface area contributed by atoms with Gasteiger partial charge < -0.3 is 9.80 Å². The normalized spacial score (nSPS) is 20.2. The number of nitrogens with zero attached hydrogens (tertiary/aromatic N) is 2. The zero-order chi connectivity index (χ0) is 12.1. The van der Waals surface area contributed by atoms with E-state index >= 15 is 0 Å². The average Bonchev–Trinajstić information content (AvgIpc) is 2.81. The van der Waals surface area contributed by atoms with Crippen molar-refractivity contribution in [2.24, 2.45) is 0 Å². The van der Waals surface area contributed by atoms with Crippen molar-refractivity contribution in [1.82, 2.24) is 9.80 Å². The Labute approximate surface area is 95.4 Å². The van der Waals surface area contributed by atoms with Gasteiger partial charge in [0.2, 0.25) is 11.7 Å². The second-order valence-electron chi connectivity index (χ2n) is 3.98. The zero-order valence-electron chi connectivity index (χ0n) is 9.86. The molecule has 0 aliphatic carbocycles. The number of Topliss-reactive ketones (excluding diaryl/α,β-unsaturated/α-hetero) is 1. The molecule has 2 rings (SSSR count). The summed E-state index contributed by atoms with van der Waals surface area (Å²) >= 11 is 0. The van der Waals surface area contributed by atoms with E-state index in [2.05, 4.69) is 0 Å². The van der Waals surface area contributed by atoms with Gasteiger partial charge in [-0.05, 0) is 13.3 Å². The van der Waals surface area contributed by atoms with E-state index in [9.17, 15) is 14.4 Å². The smallest absolute Gasteiger partial charge is 0.289 e. The van der Waals surface area contributed by atoms with Gasteiger partial charge in [0, 0.05) is 39.5 Å². The van der Waals surface area contributed by atoms with E-state index in [0.717, 1.165) is 25.9 Å². The maximum Gasteiger partial charge on any atom is 0.289 e. The molecule has 2 heterocycles. The van der Waals surface area contributed by atoms with Crippen LogP contribution in [-0.2, 0) is 14.4 Å². The van der Waals surface area contributed by atoms with Crippen LogP contribution in [0.2, 0.25) is 0 Å². The Morgan fingerprint density at radius 3 is 2.00 bits per heavy atom. The Balaban J connectivity index is 0.000000160. The minimum Gasteiger partial charge on any atom is -0.343 e. The molecule has 16 heavy (non-hydrogen) atoms. The Kier molecular flexibility index (Phi) is 4.46. The van der Waals surface area contributed by atoms with Crippen LogP contribution < -0.4 is 0 Å². The van der Waals surface area contributed by atoms with Crippen LogP contribution in [-0.4, -0.2) is 54.1 Å². The van der Waals surface area contributed by atoms with E-state index in [1.807, 2.05) is 11.8 Å². The van der Waals surface area contributed by atoms with Gasteiger partial charge in [-0.3, -0.25) is 14.4 Å². The van der Waals surface area contributed by atoms with Crippen LogP contribution in [0.1, 0.15) is 26.2 Å². The zero-order valence-corrected chi connectivity index (χ0v) is 9.86. The van der Waals surface area contributed by atoms with Gasteiger partial charge in [0.15, 0.2) is 0 Å². The fourth-order valence-corrected chi connectivity index (χ4v) is 1.73. The molecule has 0 atom stereocenters. The molecule has 0 radical (unpaired) electrons. The molecular formula is C11H18N2O3. The van der Waals surface area contributed by atoms with Crippen molar-refractivity contribution in [3.05, 3.63) is 0 Å². The Hall–Kier alpha value is -1.39. The van der Waals surface area contributed by atoms with Crippen molar-refractivity contribution in [2.45, 2.75) is 26.2 Å². The second kappa shape index (κ2) is 5.63. The van der Waals surface area contributed by atoms with Gasteiger partial charge in [-0.25, -0.2) is 0 Å². The van der Waals surface area contributed by atoms with Crippen molar-refractivity contribution < 1.29 is 14.4 Å². The molecule has 0 saturated carbocycles. The highest BCUT2D eigenvalue weighted by Gasteiger charge is 2.25. The lowest BCUT2D eigenvalue weighted by Gasteiger charge is -2.10. The molecule has 90 valence electrons. The van der Waals surface area contributed by atoms with Gasteiger partial charge in [0.05, 0.1) is 0 Å². The van der Waals surface area contributed by atoms with Gasteiger partial charge in [-0.2, -0.15) is 0 Å². The molecule has 0 aromatic heterocycles. The molecule has 5 nitrogen and oxygen atoms in total. The number of ketones is 1. The summed E-state index contributed by atoms with van der Waals surface area (Å²) in [5.41, 5.74) is 0. The minimum atomic E-state index is -0.343. The Morgan fingerprint density at radius 2 is 1.81 bits per heavy atom. The van der Waals surface area contributed by atoms with Crippen LogP contribution in [0.4, 0.5) is 0 Å². The topological polar surface area (TPSA) is 57.7 Å². The summed E-state index contributed by atoms with van der Waals surface area (Å²) in [7, 11) is 1.63. The lowest BCUT2D eigenvalue weighted by molar-refractivity contribution is -0.139. The fraction of sp³-hybridized carbons (Fsp3) is 0.727. The van der Waals surface area contributed by atoms with E-state index in [0.29, 0.717) is 18.9 Å². The van der Waals surface area contributed by atoms with Crippen LogP contribution in [0.25, 0.3) is 0 Å². The quantitative estimate of drug-likeness (QED) is 0.593. The van der Waals surface area contributed by atoms with Crippen LogP contribution in [0.3, 0.4) is 0 Å². The first-order valence-electron chi connectivity index (χ1n) is 5.62. The molecule has 2 aliphatic rings. The van der Waals surface area contributed by atoms with Crippen LogP contribution in [0.15, 0.2) is 0 Å². The third-order valence-corrected chi connectivity index (χ3v) is 2.81. The summed E-state index contributed by atoms with van der Waals surface area (Å²) < 4.78 is 0. The van der Waals surface area contributed by atoms with Crippen LogP contribution in [0.5, 0.6) is 0 Å². The van der Waals surface area contributed by atoms with Gasteiger partial charge in [0.1, 0.15) is 0 Å². The molecule has 2 fully saturated rings. The monoisotopic (exact) mass is 226 g/mol. The highest BCUT2D eigenvalue weighted by atomic mass is 16.2. The molecule has 2 saturated heterocycles. The van der Waals surface area contributed by atoms with Gasteiger partial charge in [-0.1, -0.05) is 0 Å². The second-order valence-corrected chi connectivity index (χ2v) is 3.98. The number of amides is 2. The molecule has 0 bridgehead atoms. The van der Waals surface area contributed by atoms with E-state index < -0.39 is 0 Å². The van der Waals surface area contributed by atoms with E-state index in [4.69, 9.17) is 0 Å². The first kappa shape index (κ1) is 12.7. The van der Waals surface area contributed by atoms with Crippen LogP contribution in [0, 0.1) is 0 Å². The van der Waals surface area contributed by atoms with Gasteiger partial charge in [0.25, 0.3) is 5.91 Å². The summed E-state index contributed by atoms with van der Waals surface area (Å²) in [6.45, 7) is 4.48. The van der Waals surface area contributed by atoms with Crippen molar-refractivity contribution in [3.8, 4) is 0 Å². The molecule has 0 spiro atoms. The minimum absolute atomic E-state index is 0.257. The van der Waals surface area contributed by atoms with Crippen molar-refractivity contribution >= 4 is 17.6 Å². The van der Waals surface area contributed by atoms with Crippen molar-refractivity contribution in [3.63, 3.8) is 0 Å². The first-order valence-corrected chi connectivity index (χ1v) is 5.62. The standard InChI is InChI=1S/C6H11NO.C5H7NO2/c1-2-7-5-3-4-6(7)8;1-6-3-2-4(7)5(6)8/h2-5H2,1H3;2-3H2,1H3.